The molecule has 29 heavy (non-hydrogen) atoms. The van der Waals surface area contributed by atoms with Crippen LogP contribution in [0, 0.1) is 5.82 Å². The molecule has 1 aromatic carbocycles. The van der Waals surface area contributed by atoms with Crippen LogP contribution in [0.2, 0.25) is 4.34 Å². The maximum Gasteiger partial charge on any atom is 0.414 e. The SMILES string of the molecule is C=C(NC[C@H]1CN(c2ccc(N3CCOCC3)c(F)c2)C(=O)O1)c1ccc(Cl)s1. The van der Waals surface area contributed by atoms with Gasteiger partial charge in [-0.15, -0.1) is 11.3 Å². The lowest BCUT2D eigenvalue weighted by atomic mass is 10.2. The predicted molar refractivity (Wildman–Crippen MR) is 113 cm³/mol. The fourth-order valence-corrected chi connectivity index (χ4v) is 4.35. The molecule has 2 saturated heterocycles. The molecular weight excluding hydrogens is 417 g/mol. The van der Waals surface area contributed by atoms with Crippen molar-refractivity contribution in [3.05, 3.63) is 51.9 Å². The van der Waals surface area contributed by atoms with Gasteiger partial charge in [0.2, 0.25) is 0 Å². The lowest BCUT2D eigenvalue weighted by Crippen LogP contribution is -2.36. The van der Waals surface area contributed by atoms with Crippen molar-refractivity contribution in [1.29, 1.82) is 0 Å². The molecule has 0 bridgehead atoms. The van der Waals surface area contributed by atoms with E-state index < -0.39 is 6.09 Å². The molecule has 1 aromatic heterocycles. The quantitative estimate of drug-likeness (QED) is 0.741. The molecule has 0 saturated carbocycles. The van der Waals surface area contributed by atoms with Crippen LogP contribution < -0.4 is 15.1 Å². The summed E-state index contributed by atoms with van der Waals surface area (Å²) in [4.78, 5) is 16.6. The summed E-state index contributed by atoms with van der Waals surface area (Å²) < 4.78 is 26.1. The maximum absolute atomic E-state index is 14.7. The number of carbonyl (C=O) groups excluding carboxylic acids is 1. The van der Waals surface area contributed by atoms with E-state index >= 15 is 0 Å². The minimum atomic E-state index is -0.486. The zero-order chi connectivity index (χ0) is 20.4. The van der Waals surface area contributed by atoms with Crippen molar-refractivity contribution in [2.45, 2.75) is 6.10 Å². The van der Waals surface area contributed by atoms with E-state index in [-0.39, 0.29) is 11.9 Å². The Morgan fingerprint density at radius 2 is 2.10 bits per heavy atom. The molecule has 3 heterocycles. The summed E-state index contributed by atoms with van der Waals surface area (Å²) in [6.07, 6.45) is -0.850. The summed E-state index contributed by atoms with van der Waals surface area (Å²) in [5.74, 6) is -0.360. The number of benzene rings is 1. The molecule has 0 unspecified atom stereocenters. The number of ether oxygens (including phenoxy) is 2. The number of carbonyl (C=O) groups is 1. The highest BCUT2D eigenvalue weighted by Crippen LogP contribution is 2.29. The number of anilines is 2. The minimum absolute atomic E-state index is 0.334. The van der Waals surface area contributed by atoms with Crippen molar-refractivity contribution in [2.24, 2.45) is 0 Å². The number of hydrogen-bond acceptors (Lipinski definition) is 6. The van der Waals surface area contributed by atoms with E-state index in [1.807, 2.05) is 11.0 Å². The van der Waals surface area contributed by atoms with Crippen LogP contribution in [0.15, 0.2) is 36.9 Å². The largest absolute Gasteiger partial charge is 0.442 e. The molecule has 9 heteroatoms. The molecule has 1 amide bonds. The van der Waals surface area contributed by atoms with E-state index in [9.17, 15) is 9.18 Å². The van der Waals surface area contributed by atoms with Crippen LogP contribution in [0.4, 0.5) is 20.6 Å². The standard InChI is InChI=1S/C20H21ClFN3O3S/c1-13(18-4-5-19(21)29-18)23-11-15-12-25(20(26)28-15)14-2-3-17(16(22)10-14)24-6-8-27-9-7-24/h2-5,10,15,23H,1,6-9,11-12H2/t15-/m0/s1. The summed E-state index contributed by atoms with van der Waals surface area (Å²) in [6.45, 7) is 7.18. The average Bonchev–Trinajstić information content (AvgIpc) is 3.32. The highest BCUT2D eigenvalue weighted by Gasteiger charge is 2.33. The van der Waals surface area contributed by atoms with Gasteiger partial charge in [0.15, 0.2) is 0 Å². The average molecular weight is 438 g/mol. The van der Waals surface area contributed by atoms with Crippen molar-refractivity contribution in [2.75, 3.05) is 49.2 Å². The van der Waals surface area contributed by atoms with Gasteiger partial charge in [0.05, 0.1) is 46.9 Å². The first-order chi connectivity index (χ1) is 14.0. The number of nitrogens with zero attached hydrogens (tertiary/aromatic N) is 2. The summed E-state index contributed by atoms with van der Waals surface area (Å²) in [5.41, 5.74) is 1.72. The van der Waals surface area contributed by atoms with Crippen LogP contribution in [0.5, 0.6) is 0 Å². The van der Waals surface area contributed by atoms with Gasteiger partial charge in [-0.1, -0.05) is 18.2 Å². The van der Waals surface area contributed by atoms with E-state index in [0.29, 0.717) is 55.1 Å². The van der Waals surface area contributed by atoms with Gasteiger partial charge in [-0.25, -0.2) is 9.18 Å². The van der Waals surface area contributed by atoms with Gasteiger partial charge in [0, 0.05) is 18.8 Å². The molecule has 0 radical (unpaired) electrons. The van der Waals surface area contributed by atoms with Crippen LogP contribution >= 0.6 is 22.9 Å². The number of rotatable bonds is 6. The Labute approximate surface area is 177 Å². The molecule has 1 atom stereocenters. The number of halogens is 2. The van der Waals surface area contributed by atoms with Gasteiger partial charge < -0.3 is 19.7 Å². The van der Waals surface area contributed by atoms with Crippen molar-refractivity contribution in [3.8, 4) is 0 Å². The predicted octanol–water partition coefficient (Wildman–Crippen LogP) is 3.96. The molecule has 4 rings (SSSR count). The fourth-order valence-electron chi connectivity index (χ4n) is 3.36. The minimum Gasteiger partial charge on any atom is -0.442 e. The highest BCUT2D eigenvalue weighted by atomic mass is 35.5. The number of morpholine rings is 1. The Kier molecular flexibility index (Phi) is 5.94. The first-order valence-electron chi connectivity index (χ1n) is 9.30. The van der Waals surface area contributed by atoms with Gasteiger partial charge in [-0.05, 0) is 30.3 Å². The Bertz CT molecular complexity index is 916. The van der Waals surface area contributed by atoms with Gasteiger partial charge >= 0.3 is 6.09 Å². The van der Waals surface area contributed by atoms with E-state index in [1.165, 1.54) is 22.3 Å². The van der Waals surface area contributed by atoms with Crippen molar-refractivity contribution < 1.29 is 18.7 Å². The Balaban J connectivity index is 1.37. The zero-order valence-electron chi connectivity index (χ0n) is 15.7. The third-order valence-electron chi connectivity index (χ3n) is 4.88. The van der Waals surface area contributed by atoms with Gasteiger partial charge in [0.25, 0.3) is 0 Å². The van der Waals surface area contributed by atoms with Gasteiger partial charge in [0.1, 0.15) is 11.9 Å². The molecule has 0 aliphatic carbocycles. The molecule has 6 nitrogen and oxygen atoms in total. The second-order valence-electron chi connectivity index (χ2n) is 6.81. The maximum atomic E-state index is 14.7. The van der Waals surface area contributed by atoms with Gasteiger partial charge in [-0.3, -0.25) is 4.90 Å². The molecule has 2 aliphatic heterocycles. The second-order valence-corrected chi connectivity index (χ2v) is 8.53. The summed E-state index contributed by atoms with van der Waals surface area (Å²) in [6, 6.07) is 8.53. The Morgan fingerprint density at radius 3 is 2.79 bits per heavy atom. The number of hydrogen-bond donors (Lipinski definition) is 1. The third-order valence-corrected chi connectivity index (χ3v) is 6.17. The normalized spacial score (nSPS) is 19.4. The van der Waals surface area contributed by atoms with Crippen LogP contribution in [0.3, 0.4) is 0 Å². The Morgan fingerprint density at radius 1 is 1.31 bits per heavy atom. The number of thiophene rings is 1. The summed E-state index contributed by atoms with van der Waals surface area (Å²) in [7, 11) is 0. The number of amides is 1. The van der Waals surface area contributed by atoms with Crippen LogP contribution in [-0.2, 0) is 9.47 Å². The smallest absolute Gasteiger partial charge is 0.414 e. The van der Waals surface area contributed by atoms with E-state index in [0.717, 1.165) is 10.6 Å². The first-order valence-corrected chi connectivity index (χ1v) is 10.5. The highest BCUT2D eigenvalue weighted by molar-refractivity contribution is 7.17. The second kappa shape index (κ2) is 8.61. The van der Waals surface area contributed by atoms with Crippen LogP contribution in [-0.4, -0.2) is 51.6 Å². The van der Waals surface area contributed by atoms with Crippen LogP contribution in [0.25, 0.3) is 5.70 Å². The zero-order valence-corrected chi connectivity index (χ0v) is 17.3. The van der Waals surface area contributed by atoms with Crippen molar-refractivity contribution in [1.82, 2.24) is 5.32 Å². The molecule has 154 valence electrons. The molecular formula is C20H21ClFN3O3S. The topological polar surface area (TPSA) is 54.0 Å². The van der Waals surface area contributed by atoms with Crippen molar-refractivity contribution >= 4 is 46.1 Å². The van der Waals surface area contributed by atoms with E-state index in [1.54, 1.807) is 18.2 Å². The summed E-state index contributed by atoms with van der Waals surface area (Å²) in [5, 5.41) is 3.17. The first kappa shape index (κ1) is 20.0. The van der Waals surface area contributed by atoms with Gasteiger partial charge in [-0.2, -0.15) is 0 Å². The van der Waals surface area contributed by atoms with Crippen LogP contribution in [0.1, 0.15) is 4.88 Å². The molecule has 2 aromatic rings. The number of cyclic esters (lactones) is 1. The van der Waals surface area contributed by atoms with E-state index in [4.69, 9.17) is 21.1 Å². The van der Waals surface area contributed by atoms with Crippen molar-refractivity contribution in [3.63, 3.8) is 0 Å². The Hall–Kier alpha value is -2.29. The molecule has 2 fully saturated rings. The lowest BCUT2D eigenvalue weighted by molar-refractivity contribution is 0.122. The number of nitrogens with one attached hydrogen (secondary N) is 1. The summed E-state index contributed by atoms with van der Waals surface area (Å²) >= 11 is 7.37. The fraction of sp³-hybridized carbons (Fsp3) is 0.350. The lowest BCUT2D eigenvalue weighted by Gasteiger charge is -2.29. The monoisotopic (exact) mass is 437 g/mol. The molecule has 1 N–H and O–H groups in total. The molecule has 0 spiro atoms. The van der Waals surface area contributed by atoms with E-state index in [2.05, 4.69) is 11.9 Å². The molecule has 2 aliphatic rings. The third kappa shape index (κ3) is 4.49.